The predicted octanol–water partition coefficient (Wildman–Crippen LogP) is 0.511. The molecule has 0 amide bonds. The first kappa shape index (κ1) is 9.94. The van der Waals surface area contributed by atoms with Crippen LogP contribution in [-0.4, -0.2) is 16.1 Å². The molecule has 0 unspecified atom stereocenters. The zero-order chi connectivity index (χ0) is 10.0. The van der Waals surface area contributed by atoms with Crippen LogP contribution in [0.2, 0.25) is 0 Å². The van der Waals surface area contributed by atoms with Crippen molar-refractivity contribution in [2.45, 2.75) is 6.04 Å². The van der Waals surface area contributed by atoms with Crippen molar-refractivity contribution in [3.8, 4) is 0 Å². The molecule has 0 radical (unpaired) electrons. The van der Waals surface area contributed by atoms with E-state index in [1.807, 2.05) is 0 Å². The molecule has 5 nitrogen and oxygen atoms in total. The molecule has 0 spiro atoms. The topological polar surface area (TPSA) is 102 Å². The third-order valence-electron chi connectivity index (χ3n) is 1.52. The van der Waals surface area contributed by atoms with Crippen molar-refractivity contribution >= 4 is 27.7 Å². The molecular weight excluding hydrogens is 238 g/mol. The SMILES string of the molecule is Nc1ncc(Br)cc1[C@@H](N)C(=O)O. The molecule has 6 heteroatoms. The van der Waals surface area contributed by atoms with Crippen LogP contribution < -0.4 is 11.5 Å². The predicted molar refractivity (Wildman–Crippen MR) is 50.9 cm³/mol. The lowest BCUT2D eigenvalue weighted by Crippen LogP contribution is -2.22. The summed E-state index contributed by atoms with van der Waals surface area (Å²) in [5.41, 5.74) is 11.1. The van der Waals surface area contributed by atoms with Crippen LogP contribution >= 0.6 is 15.9 Å². The maximum atomic E-state index is 10.5. The van der Waals surface area contributed by atoms with Gasteiger partial charge in [-0.2, -0.15) is 0 Å². The Balaban J connectivity index is 3.12. The third-order valence-corrected chi connectivity index (χ3v) is 1.95. The first-order valence-corrected chi connectivity index (χ1v) is 4.21. The van der Waals surface area contributed by atoms with E-state index in [1.165, 1.54) is 6.20 Å². The van der Waals surface area contributed by atoms with Crippen molar-refractivity contribution in [3.63, 3.8) is 0 Å². The van der Waals surface area contributed by atoms with E-state index in [4.69, 9.17) is 16.6 Å². The first-order chi connectivity index (χ1) is 6.02. The molecule has 0 bridgehead atoms. The van der Waals surface area contributed by atoms with E-state index in [2.05, 4.69) is 20.9 Å². The fourth-order valence-electron chi connectivity index (χ4n) is 0.848. The number of hydrogen-bond donors (Lipinski definition) is 3. The number of nitrogens with two attached hydrogens (primary N) is 2. The Hall–Kier alpha value is -1.14. The van der Waals surface area contributed by atoms with Gasteiger partial charge in [0.1, 0.15) is 11.9 Å². The Morgan fingerprint density at radius 3 is 2.85 bits per heavy atom. The van der Waals surface area contributed by atoms with E-state index in [-0.39, 0.29) is 5.82 Å². The van der Waals surface area contributed by atoms with E-state index in [1.54, 1.807) is 6.07 Å². The lowest BCUT2D eigenvalue weighted by Gasteiger charge is -2.08. The quantitative estimate of drug-likeness (QED) is 0.705. The minimum absolute atomic E-state index is 0.137. The average molecular weight is 246 g/mol. The number of aliphatic carboxylic acids is 1. The second-order valence-corrected chi connectivity index (χ2v) is 3.36. The Labute approximate surface area is 82.9 Å². The van der Waals surface area contributed by atoms with Crippen LogP contribution in [0.15, 0.2) is 16.7 Å². The molecule has 13 heavy (non-hydrogen) atoms. The van der Waals surface area contributed by atoms with Crippen molar-refractivity contribution in [2.75, 3.05) is 5.73 Å². The second kappa shape index (κ2) is 3.71. The van der Waals surface area contributed by atoms with Crippen LogP contribution in [0.4, 0.5) is 5.82 Å². The summed E-state index contributed by atoms with van der Waals surface area (Å²) in [6.45, 7) is 0. The maximum Gasteiger partial charge on any atom is 0.325 e. The molecule has 1 aromatic rings. The standard InChI is InChI=1S/C7H8BrN3O2/c8-3-1-4(5(9)7(12)13)6(10)11-2-3/h1-2,5H,9H2,(H2,10,11)(H,12,13)/t5-/m1/s1. The largest absolute Gasteiger partial charge is 0.480 e. The third kappa shape index (κ3) is 2.16. The van der Waals surface area contributed by atoms with Gasteiger partial charge in [0, 0.05) is 16.2 Å². The Morgan fingerprint density at radius 2 is 2.31 bits per heavy atom. The van der Waals surface area contributed by atoms with Crippen LogP contribution in [0.5, 0.6) is 0 Å². The number of anilines is 1. The second-order valence-electron chi connectivity index (χ2n) is 2.44. The molecule has 70 valence electrons. The summed E-state index contributed by atoms with van der Waals surface area (Å²) in [5.74, 6) is -0.996. The Bertz CT molecular complexity index is 343. The van der Waals surface area contributed by atoms with Gasteiger partial charge in [-0.05, 0) is 22.0 Å². The highest BCUT2D eigenvalue weighted by Crippen LogP contribution is 2.20. The number of carboxylic acid groups (broad SMARTS) is 1. The number of halogens is 1. The number of pyridine rings is 1. The van der Waals surface area contributed by atoms with Gasteiger partial charge in [-0.15, -0.1) is 0 Å². The van der Waals surface area contributed by atoms with Crippen LogP contribution in [-0.2, 0) is 4.79 Å². The van der Waals surface area contributed by atoms with Crippen molar-refractivity contribution in [2.24, 2.45) is 5.73 Å². The highest BCUT2D eigenvalue weighted by molar-refractivity contribution is 9.10. The summed E-state index contributed by atoms with van der Waals surface area (Å²) in [4.78, 5) is 14.3. The molecule has 0 aliphatic carbocycles. The molecule has 1 atom stereocenters. The Morgan fingerprint density at radius 1 is 1.69 bits per heavy atom. The number of nitrogen functional groups attached to an aromatic ring is 1. The number of nitrogens with zero attached hydrogens (tertiary/aromatic N) is 1. The van der Waals surface area contributed by atoms with Crippen LogP contribution in [0.25, 0.3) is 0 Å². The molecule has 1 heterocycles. The number of hydrogen-bond acceptors (Lipinski definition) is 4. The highest BCUT2D eigenvalue weighted by Gasteiger charge is 2.17. The molecule has 0 saturated heterocycles. The van der Waals surface area contributed by atoms with E-state index in [0.717, 1.165) is 0 Å². The highest BCUT2D eigenvalue weighted by atomic mass is 79.9. The molecule has 0 saturated carbocycles. The summed E-state index contributed by atoms with van der Waals surface area (Å²) < 4.78 is 0.647. The summed E-state index contributed by atoms with van der Waals surface area (Å²) in [6.07, 6.45) is 1.48. The minimum Gasteiger partial charge on any atom is -0.480 e. The number of rotatable bonds is 2. The van der Waals surface area contributed by atoms with Gasteiger partial charge >= 0.3 is 5.97 Å². The van der Waals surface area contributed by atoms with E-state index < -0.39 is 12.0 Å². The van der Waals surface area contributed by atoms with Crippen LogP contribution in [0.1, 0.15) is 11.6 Å². The van der Waals surface area contributed by atoms with Gasteiger partial charge < -0.3 is 16.6 Å². The molecule has 1 aromatic heterocycles. The zero-order valence-corrected chi connectivity index (χ0v) is 8.15. The molecule has 1 rings (SSSR count). The van der Waals surface area contributed by atoms with Crippen molar-refractivity contribution < 1.29 is 9.90 Å². The van der Waals surface area contributed by atoms with Crippen molar-refractivity contribution in [1.29, 1.82) is 0 Å². The number of aromatic nitrogens is 1. The van der Waals surface area contributed by atoms with Gasteiger partial charge in [-0.3, -0.25) is 4.79 Å². The molecule has 0 aromatic carbocycles. The van der Waals surface area contributed by atoms with E-state index >= 15 is 0 Å². The van der Waals surface area contributed by atoms with Gasteiger partial charge in [-0.1, -0.05) is 0 Å². The average Bonchev–Trinajstić information content (AvgIpc) is 2.08. The smallest absolute Gasteiger partial charge is 0.325 e. The summed E-state index contributed by atoms with van der Waals surface area (Å²) >= 11 is 3.15. The number of carbonyl (C=O) groups is 1. The fourth-order valence-corrected chi connectivity index (χ4v) is 1.20. The lowest BCUT2D eigenvalue weighted by molar-refractivity contribution is -0.138. The van der Waals surface area contributed by atoms with Gasteiger partial charge in [-0.25, -0.2) is 4.98 Å². The minimum atomic E-state index is -1.13. The van der Waals surface area contributed by atoms with E-state index in [9.17, 15) is 4.79 Å². The zero-order valence-electron chi connectivity index (χ0n) is 6.57. The molecule has 5 N–H and O–H groups in total. The maximum absolute atomic E-state index is 10.5. The summed E-state index contributed by atoms with van der Waals surface area (Å²) in [5, 5.41) is 8.63. The lowest BCUT2D eigenvalue weighted by atomic mass is 10.1. The van der Waals surface area contributed by atoms with Gasteiger partial charge in [0.05, 0.1) is 0 Å². The van der Waals surface area contributed by atoms with Crippen molar-refractivity contribution in [1.82, 2.24) is 4.98 Å². The molecule has 0 aliphatic rings. The fraction of sp³-hybridized carbons (Fsp3) is 0.143. The molecular formula is C7H8BrN3O2. The normalized spacial score (nSPS) is 12.5. The van der Waals surface area contributed by atoms with Crippen LogP contribution in [0, 0.1) is 0 Å². The van der Waals surface area contributed by atoms with E-state index in [0.29, 0.717) is 10.0 Å². The Kier molecular flexibility index (Phi) is 2.84. The number of carboxylic acids is 1. The van der Waals surface area contributed by atoms with Crippen LogP contribution in [0.3, 0.4) is 0 Å². The summed E-state index contributed by atoms with van der Waals surface area (Å²) in [7, 11) is 0. The van der Waals surface area contributed by atoms with Gasteiger partial charge in [0.2, 0.25) is 0 Å². The van der Waals surface area contributed by atoms with Gasteiger partial charge in [0.15, 0.2) is 0 Å². The van der Waals surface area contributed by atoms with Crippen molar-refractivity contribution in [3.05, 3.63) is 22.3 Å². The first-order valence-electron chi connectivity index (χ1n) is 3.41. The monoisotopic (exact) mass is 245 g/mol. The van der Waals surface area contributed by atoms with Gasteiger partial charge in [0.25, 0.3) is 0 Å². The molecule has 0 fully saturated rings. The molecule has 0 aliphatic heterocycles. The summed E-state index contributed by atoms with van der Waals surface area (Å²) in [6, 6.07) is 0.409.